The maximum atomic E-state index is 12.7. The number of nitrogens with zero attached hydrogens (tertiary/aromatic N) is 4. The number of rotatable bonds is 2. The molecule has 0 saturated carbocycles. The summed E-state index contributed by atoms with van der Waals surface area (Å²) in [6.07, 6.45) is 1.56. The molecule has 0 bridgehead atoms. The van der Waals surface area contributed by atoms with Crippen molar-refractivity contribution in [2.24, 2.45) is 7.05 Å². The number of aryl methyl sites for hydroxylation is 1. The topological polar surface area (TPSA) is 65.3 Å². The van der Waals surface area contributed by atoms with E-state index in [2.05, 4.69) is 15.5 Å². The summed E-state index contributed by atoms with van der Waals surface area (Å²) >= 11 is 1.53. The van der Waals surface area contributed by atoms with Gasteiger partial charge < -0.3 is 4.42 Å². The van der Waals surface area contributed by atoms with Gasteiger partial charge in [-0.05, 0) is 17.7 Å². The van der Waals surface area contributed by atoms with Gasteiger partial charge in [0.2, 0.25) is 5.82 Å². The van der Waals surface area contributed by atoms with Gasteiger partial charge in [-0.3, -0.25) is 4.57 Å². The molecule has 0 N–H and O–H groups in total. The number of aromatic nitrogens is 4. The second-order valence-electron chi connectivity index (χ2n) is 5.69. The van der Waals surface area contributed by atoms with E-state index in [1.165, 1.54) is 15.9 Å². The van der Waals surface area contributed by atoms with Gasteiger partial charge in [-0.25, -0.2) is 9.78 Å². The third-order valence-electron chi connectivity index (χ3n) is 4.20. The SMILES string of the molecule is Cn1c(=O)n2nc(-c3ccco3)nc2c2c(-c3ccccc3)csc21. The molecule has 4 aromatic heterocycles. The van der Waals surface area contributed by atoms with Crippen molar-refractivity contribution < 1.29 is 4.42 Å². The van der Waals surface area contributed by atoms with Crippen molar-refractivity contribution >= 4 is 27.2 Å². The number of hydrogen-bond donors (Lipinski definition) is 0. The maximum Gasteiger partial charge on any atom is 0.351 e. The van der Waals surface area contributed by atoms with Crippen LogP contribution in [0.3, 0.4) is 0 Å². The summed E-state index contributed by atoms with van der Waals surface area (Å²) in [7, 11) is 1.75. The lowest BCUT2D eigenvalue weighted by Gasteiger charge is -2.03. The second kappa shape index (κ2) is 5.15. The van der Waals surface area contributed by atoms with E-state index in [-0.39, 0.29) is 5.69 Å². The average molecular weight is 348 g/mol. The van der Waals surface area contributed by atoms with Gasteiger partial charge in [0.05, 0.1) is 11.6 Å². The van der Waals surface area contributed by atoms with Crippen LogP contribution in [0.4, 0.5) is 0 Å². The van der Waals surface area contributed by atoms with Gasteiger partial charge in [-0.1, -0.05) is 30.3 Å². The summed E-state index contributed by atoms with van der Waals surface area (Å²) in [5, 5.41) is 7.34. The number of fused-ring (bicyclic) bond motifs is 3. The van der Waals surface area contributed by atoms with Gasteiger partial charge in [-0.15, -0.1) is 16.4 Å². The van der Waals surface area contributed by atoms with Crippen molar-refractivity contribution in [2.75, 3.05) is 0 Å². The Hall–Kier alpha value is -3.19. The maximum absolute atomic E-state index is 12.7. The fourth-order valence-corrected chi connectivity index (χ4v) is 4.03. The molecule has 0 aliphatic rings. The van der Waals surface area contributed by atoms with Crippen LogP contribution >= 0.6 is 11.3 Å². The third kappa shape index (κ3) is 1.99. The van der Waals surface area contributed by atoms with Crippen molar-refractivity contribution in [2.45, 2.75) is 0 Å². The van der Waals surface area contributed by atoms with Crippen LogP contribution in [0.25, 0.3) is 38.6 Å². The van der Waals surface area contributed by atoms with Gasteiger partial charge in [0.15, 0.2) is 11.4 Å². The molecular formula is C18H12N4O2S. The highest BCUT2D eigenvalue weighted by molar-refractivity contribution is 7.17. The van der Waals surface area contributed by atoms with Crippen molar-refractivity contribution in [3.8, 4) is 22.7 Å². The minimum absolute atomic E-state index is 0.228. The van der Waals surface area contributed by atoms with E-state index in [4.69, 9.17) is 4.42 Å². The van der Waals surface area contributed by atoms with E-state index in [1.807, 2.05) is 30.3 Å². The first-order chi connectivity index (χ1) is 12.2. The van der Waals surface area contributed by atoms with Crippen molar-refractivity contribution in [3.05, 3.63) is 64.6 Å². The highest BCUT2D eigenvalue weighted by atomic mass is 32.1. The molecule has 0 fully saturated rings. The number of thiophene rings is 1. The molecule has 0 aliphatic carbocycles. The van der Waals surface area contributed by atoms with Crippen molar-refractivity contribution in [3.63, 3.8) is 0 Å². The van der Waals surface area contributed by atoms with Crippen molar-refractivity contribution in [1.29, 1.82) is 0 Å². The van der Waals surface area contributed by atoms with Gasteiger partial charge in [0, 0.05) is 18.0 Å². The molecule has 5 aromatic rings. The van der Waals surface area contributed by atoms with E-state index < -0.39 is 0 Å². The molecule has 0 spiro atoms. The Morgan fingerprint density at radius 3 is 2.72 bits per heavy atom. The third-order valence-corrected chi connectivity index (χ3v) is 5.26. The van der Waals surface area contributed by atoms with E-state index in [1.54, 1.807) is 30.0 Å². The Kier molecular flexibility index (Phi) is 2.92. The van der Waals surface area contributed by atoms with Gasteiger partial charge in [-0.2, -0.15) is 4.52 Å². The summed E-state index contributed by atoms with van der Waals surface area (Å²) in [6, 6.07) is 13.6. The fourth-order valence-electron chi connectivity index (χ4n) is 2.99. The minimum atomic E-state index is -0.228. The molecule has 0 unspecified atom stereocenters. The molecule has 0 radical (unpaired) electrons. The lowest BCUT2D eigenvalue weighted by molar-refractivity contribution is 0.577. The number of furan rings is 1. The van der Waals surface area contributed by atoms with Crippen LogP contribution in [-0.4, -0.2) is 19.2 Å². The molecule has 0 amide bonds. The first kappa shape index (κ1) is 14.2. The van der Waals surface area contributed by atoms with E-state index in [0.29, 0.717) is 17.2 Å². The van der Waals surface area contributed by atoms with Crippen LogP contribution in [0.5, 0.6) is 0 Å². The summed E-state index contributed by atoms with van der Waals surface area (Å²) in [5.41, 5.74) is 2.44. The highest BCUT2D eigenvalue weighted by Crippen LogP contribution is 2.35. The zero-order chi connectivity index (χ0) is 17.0. The summed E-state index contributed by atoms with van der Waals surface area (Å²) in [6.45, 7) is 0. The van der Waals surface area contributed by atoms with Crippen molar-refractivity contribution in [1.82, 2.24) is 19.2 Å². The van der Waals surface area contributed by atoms with Crippen LogP contribution in [0.15, 0.2) is 63.3 Å². The smallest absolute Gasteiger partial charge is 0.351 e. The predicted molar refractivity (Wildman–Crippen MR) is 96.7 cm³/mol. The normalized spacial score (nSPS) is 11.6. The minimum Gasteiger partial charge on any atom is -0.461 e. The van der Waals surface area contributed by atoms with Crippen LogP contribution in [0.1, 0.15) is 0 Å². The van der Waals surface area contributed by atoms with E-state index in [0.717, 1.165) is 21.3 Å². The van der Waals surface area contributed by atoms with E-state index >= 15 is 0 Å². The monoisotopic (exact) mass is 348 g/mol. The van der Waals surface area contributed by atoms with Crippen LogP contribution in [-0.2, 0) is 7.05 Å². The largest absolute Gasteiger partial charge is 0.461 e. The van der Waals surface area contributed by atoms with E-state index in [9.17, 15) is 4.79 Å². The summed E-state index contributed by atoms with van der Waals surface area (Å²) in [4.78, 5) is 18.1. The Balaban J connectivity index is 1.92. The number of benzene rings is 1. The van der Waals surface area contributed by atoms with Crippen LogP contribution in [0.2, 0.25) is 0 Å². The molecule has 122 valence electrons. The Labute approximate surface area is 145 Å². The Bertz CT molecular complexity index is 1260. The quantitative estimate of drug-likeness (QED) is 0.489. The molecule has 0 saturated heterocycles. The standard InChI is InChI=1S/C18H12N4O2S/c1-21-17-14(12(10-25-17)11-6-3-2-4-7-11)16-19-15(13-8-5-9-24-13)20-22(16)18(21)23/h2-10H,1H3. The first-order valence-corrected chi connectivity index (χ1v) is 8.58. The fraction of sp³-hybridized carbons (Fsp3) is 0.0556. The predicted octanol–water partition coefficient (Wildman–Crippen LogP) is 3.57. The summed E-state index contributed by atoms with van der Waals surface area (Å²) < 4.78 is 8.34. The molecule has 4 heterocycles. The zero-order valence-corrected chi connectivity index (χ0v) is 14.0. The lowest BCUT2D eigenvalue weighted by Crippen LogP contribution is -2.24. The molecular weight excluding hydrogens is 336 g/mol. The second-order valence-corrected chi connectivity index (χ2v) is 6.54. The molecule has 1 aromatic carbocycles. The Morgan fingerprint density at radius 2 is 1.96 bits per heavy atom. The van der Waals surface area contributed by atoms with Gasteiger partial charge in [0.25, 0.3) is 0 Å². The van der Waals surface area contributed by atoms with Crippen LogP contribution < -0.4 is 5.69 Å². The molecule has 5 rings (SSSR count). The lowest BCUT2D eigenvalue weighted by atomic mass is 10.1. The first-order valence-electron chi connectivity index (χ1n) is 7.70. The van der Waals surface area contributed by atoms with Crippen LogP contribution in [0, 0.1) is 0 Å². The molecule has 7 heteroatoms. The molecule has 0 aliphatic heterocycles. The molecule has 25 heavy (non-hydrogen) atoms. The van der Waals surface area contributed by atoms with Gasteiger partial charge >= 0.3 is 5.69 Å². The van der Waals surface area contributed by atoms with Gasteiger partial charge in [0.1, 0.15) is 4.83 Å². The highest BCUT2D eigenvalue weighted by Gasteiger charge is 2.19. The molecule has 0 atom stereocenters. The number of hydrogen-bond acceptors (Lipinski definition) is 5. The zero-order valence-electron chi connectivity index (χ0n) is 13.2. The summed E-state index contributed by atoms with van der Waals surface area (Å²) in [5.74, 6) is 0.940. The average Bonchev–Trinajstić information content (AvgIpc) is 3.38. The Morgan fingerprint density at radius 1 is 1.12 bits per heavy atom. The molecule has 6 nitrogen and oxygen atoms in total.